The lowest BCUT2D eigenvalue weighted by molar-refractivity contribution is -0.132. The molecule has 1 atom stereocenters. The van der Waals surface area contributed by atoms with E-state index in [4.69, 9.17) is 21.7 Å². The molecule has 3 rings (SSSR count). The van der Waals surface area contributed by atoms with Crippen molar-refractivity contribution < 1.29 is 19.4 Å². The molecule has 1 aliphatic heterocycles. The maximum Gasteiger partial charge on any atom is 0.264 e. The second-order valence-corrected chi connectivity index (χ2v) is 6.87. The molecule has 0 aliphatic carbocycles. The van der Waals surface area contributed by atoms with E-state index in [1.54, 1.807) is 32.2 Å². The monoisotopic (exact) mass is 418 g/mol. The minimum Gasteiger partial charge on any atom is -0.497 e. The fourth-order valence-corrected chi connectivity index (χ4v) is 3.44. The average Bonchev–Trinajstić information content (AvgIpc) is 3.15. The number of aromatic amines is 1. The second kappa shape index (κ2) is 8.08. The molecule has 1 aromatic carbocycles. The number of ether oxygens (including phenoxy) is 2. The Kier molecular flexibility index (Phi) is 5.73. The Morgan fingerprint density at radius 1 is 1.38 bits per heavy atom. The van der Waals surface area contributed by atoms with Crippen LogP contribution in [-0.2, 0) is 11.8 Å². The van der Waals surface area contributed by atoms with Crippen LogP contribution in [0.1, 0.15) is 36.9 Å². The van der Waals surface area contributed by atoms with Crippen LogP contribution >= 0.6 is 12.2 Å². The fourth-order valence-electron chi connectivity index (χ4n) is 3.26. The molecule has 0 fully saturated rings. The molecule has 29 heavy (non-hydrogen) atoms. The number of rotatable bonds is 5. The molecule has 1 aromatic heterocycles. The number of amides is 1. The largest absolute Gasteiger partial charge is 0.497 e. The standard InChI is InChI=1S/C19H22N4O5S/c1-5-15(24)23-13(11-8-10(27-3)6-7-14(11)28-4)9-12(21-23)16-17(25)20-19(29)22(2)18(16)26/h6-8,13,26H,5,9H2,1-4H3,(H,20,25,29)/t13-/m1/s1. The van der Waals surface area contributed by atoms with Crippen LogP contribution in [0, 0.1) is 4.77 Å². The first-order chi connectivity index (χ1) is 13.8. The van der Waals surface area contributed by atoms with Gasteiger partial charge in [0.15, 0.2) is 4.77 Å². The van der Waals surface area contributed by atoms with Gasteiger partial charge >= 0.3 is 0 Å². The van der Waals surface area contributed by atoms with E-state index >= 15 is 0 Å². The SMILES string of the molecule is CCC(=O)N1N=C(c2c(O)n(C)c(=S)[nH]c2=O)C[C@@H]1c1cc(OC)ccc1OC. The summed E-state index contributed by atoms with van der Waals surface area (Å²) in [7, 11) is 4.61. The normalized spacial score (nSPS) is 15.9. The number of benzene rings is 1. The van der Waals surface area contributed by atoms with Crippen molar-refractivity contribution in [2.75, 3.05) is 14.2 Å². The Hall–Kier alpha value is -3.14. The molecular formula is C19H22N4O5S. The van der Waals surface area contributed by atoms with Crippen molar-refractivity contribution >= 4 is 23.8 Å². The average molecular weight is 418 g/mol. The summed E-state index contributed by atoms with van der Waals surface area (Å²) >= 11 is 5.02. The smallest absolute Gasteiger partial charge is 0.264 e. The van der Waals surface area contributed by atoms with E-state index in [0.29, 0.717) is 17.1 Å². The Bertz CT molecular complexity index is 1100. The van der Waals surface area contributed by atoms with Crippen molar-refractivity contribution in [1.82, 2.24) is 14.6 Å². The van der Waals surface area contributed by atoms with Crippen LogP contribution in [0.5, 0.6) is 17.4 Å². The highest BCUT2D eigenvalue weighted by Crippen LogP contribution is 2.39. The first-order valence-corrected chi connectivity index (χ1v) is 9.37. The van der Waals surface area contributed by atoms with E-state index in [2.05, 4.69) is 10.1 Å². The molecule has 154 valence electrons. The highest BCUT2D eigenvalue weighted by molar-refractivity contribution is 7.71. The molecule has 0 saturated carbocycles. The lowest BCUT2D eigenvalue weighted by Gasteiger charge is -2.23. The number of aromatic hydroxyl groups is 1. The molecule has 10 heteroatoms. The Balaban J connectivity index is 2.15. The number of nitrogens with one attached hydrogen (secondary N) is 1. The van der Waals surface area contributed by atoms with E-state index in [-0.39, 0.29) is 40.7 Å². The van der Waals surface area contributed by atoms with Gasteiger partial charge in [0.2, 0.25) is 11.8 Å². The first-order valence-electron chi connectivity index (χ1n) is 8.96. The van der Waals surface area contributed by atoms with E-state index in [0.717, 1.165) is 0 Å². The third-order valence-corrected chi connectivity index (χ3v) is 5.22. The summed E-state index contributed by atoms with van der Waals surface area (Å²) in [6.45, 7) is 1.73. The van der Waals surface area contributed by atoms with Gasteiger partial charge < -0.3 is 14.6 Å². The number of hydrazone groups is 1. The number of carbonyl (C=O) groups excluding carboxylic acids is 1. The van der Waals surface area contributed by atoms with Crippen LogP contribution in [0.4, 0.5) is 0 Å². The number of hydrogen-bond donors (Lipinski definition) is 2. The zero-order chi connectivity index (χ0) is 21.3. The van der Waals surface area contributed by atoms with Crippen LogP contribution in [-0.4, -0.2) is 45.5 Å². The summed E-state index contributed by atoms with van der Waals surface area (Å²) in [5.74, 6) is 0.626. The molecule has 0 saturated heterocycles. The number of H-pyrrole nitrogens is 1. The molecule has 0 bridgehead atoms. The topological polar surface area (TPSA) is 109 Å². The van der Waals surface area contributed by atoms with Crippen LogP contribution in [0.25, 0.3) is 0 Å². The maximum atomic E-state index is 12.6. The lowest BCUT2D eigenvalue weighted by Crippen LogP contribution is -2.26. The molecule has 2 N–H and O–H groups in total. The van der Waals surface area contributed by atoms with Crippen molar-refractivity contribution in [3.05, 3.63) is 44.5 Å². The number of aromatic nitrogens is 2. The third kappa shape index (κ3) is 3.63. The lowest BCUT2D eigenvalue weighted by atomic mass is 9.98. The molecule has 0 spiro atoms. The minimum absolute atomic E-state index is 0.0145. The maximum absolute atomic E-state index is 12.6. The van der Waals surface area contributed by atoms with Gasteiger partial charge in [0.25, 0.3) is 5.56 Å². The predicted molar refractivity (Wildman–Crippen MR) is 109 cm³/mol. The number of hydrogen-bond acceptors (Lipinski definition) is 7. The molecule has 2 heterocycles. The van der Waals surface area contributed by atoms with Gasteiger partial charge in [-0.05, 0) is 30.4 Å². The van der Waals surface area contributed by atoms with E-state index < -0.39 is 11.6 Å². The van der Waals surface area contributed by atoms with Crippen LogP contribution in [0.2, 0.25) is 0 Å². The van der Waals surface area contributed by atoms with Crippen molar-refractivity contribution in [3.8, 4) is 17.4 Å². The van der Waals surface area contributed by atoms with Crippen LogP contribution in [0.15, 0.2) is 28.1 Å². The molecule has 2 aromatic rings. The fraction of sp³-hybridized carbons (Fsp3) is 0.368. The number of carbonyl (C=O) groups is 1. The Morgan fingerprint density at radius 2 is 2.10 bits per heavy atom. The zero-order valence-electron chi connectivity index (χ0n) is 16.6. The van der Waals surface area contributed by atoms with Gasteiger partial charge in [-0.15, -0.1) is 0 Å². The molecule has 1 aliphatic rings. The van der Waals surface area contributed by atoms with Gasteiger partial charge in [-0.3, -0.25) is 19.1 Å². The summed E-state index contributed by atoms with van der Waals surface area (Å²) < 4.78 is 12.1. The molecule has 1 amide bonds. The first kappa shape index (κ1) is 20.6. The summed E-state index contributed by atoms with van der Waals surface area (Å²) in [6, 6.07) is 4.75. The molecule has 0 radical (unpaired) electrons. The van der Waals surface area contributed by atoms with Gasteiger partial charge in [0, 0.05) is 25.5 Å². The summed E-state index contributed by atoms with van der Waals surface area (Å²) in [4.78, 5) is 27.6. The van der Waals surface area contributed by atoms with Gasteiger partial charge in [-0.25, -0.2) is 5.01 Å². The van der Waals surface area contributed by atoms with Gasteiger partial charge in [-0.2, -0.15) is 5.10 Å². The molecular weight excluding hydrogens is 396 g/mol. The number of methoxy groups -OCH3 is 2. The third-order valence-electron chi connectivity index (χ3n) is 4.85. The molecule has 0 unspecified atom stereocenters. The summed E-state index contributed by atoms with van der Waals surface area (Å²) in [5, 5.41) is 16.2. The second-order valence-electron chi connectivity index (χ2n) is 6.48. The van der Waals surface area contributed by atoms with Gasteiger partial charge in [-0.1, -0.05) is 6.92 Å². The van der Waals surface area contributed by atoms with Crippen molar-refractivity contribution in [3.63, 3.8) is 0 Å². The van der Waals surface area contributed by atoms with Gasteiger partial charge in [0.1, 0.15) is 17.1 Å². The summed E-state index contributed by atoms with van der Waals surface area (Å²) in [6.07, 6.45) is 0.434. The van der Waals surface area contributed by atoms with Crippen LogP contribution in [0.3, 0.4) is 0 Å². The number of nitrogens with zero attached hydrogens (tertiary/aromatic N) is 3. The van der Waals surface area contributed by atoms with E-state index in [9.17, 15) is 14.7 Å². The summed E-state index contributed by atoms with van der Waals surface area (Å²) in [5.41, 5.74) is 0.393. The van der Waals surface area contributed by atoms with Gasteiger partial charge in [0.05, 0.1) is 26.0 Å². The van der Waals surface area contributed by atoms with E-state index in [1.807, 2.05) is 0 Å². The Morgan fingerprint density at radius 3 is 2.72 bits per heavy atom. The van der Waals surface area contributed by atoms with Crippen molar-refractivity contribution in [2.45, 2.75) is 25.8 Å². The highest BCUT2D eigenvalue weighted by Gasteiger charge is 2.36. The van der Waals surface area contributed by atoms with E-state index in [1.165, 1.54) is 23.7 Å². The van der Waals surface area contributed by atoms with Crippen molar-refractivity contribution in [1.29, 1.82) is 0 Å². The minimum atomic E-state index is -0.563. The predicted octanol–water partition coefficient (Wildman–Crippen LogP) is 2.25. The van der Waals surface area contributed by atoms with Crippen molar-refractivity contribution in [2.24, 2.45) is 12.1 Å². The molecule has 9 nitrogen and oxygen atoms in total. The van der Waals surface area contributed by atoms with Crippen LogP contribution < -0.4 is 15.0 Å². The Labute approximate surface area is 172 Å². The highest BCUT2D eigenvalue weighted by atomic mass is 32.1. The quantitative estimate of drug-likeness (QED) is 0.721. The zero-order valence-corrected chi connectivity index (χ0v) is 17.4.